The fourth-order valence-corrected chi connectivity index (χ4v) is 2.92. The van der Waals surface area contributed by atoms with Gasteiger partial charge in [-0.1, -0.05) is 25.9 Å². The molecule has 0 aliphatic heterocycles. The smallest absolute Gasteiger partial charge is 0.361 e. The maximum atomic E-state index is 12.7. The highest BCUT2D eigenvalue weighted by Crippen LogP contribution is 2.30. The van der Waals surface area contributed by atoms with Crippen molar-refractivity contribution in [3.63, 3.8) is 0 Å². The lowest BCUT2D eigenvalue weighted by molar-refractivity contribution is -0.143. The molecule has 0 bridgehead atoms. The molecule has 0 radical (unpaired) electrons. The van der Waals surface area contributed by atoms with Crippen LogP contribution in [0.2, 0.25) is 0 Å². The molecule has 134 valence electrons. The fourth-order valence-electron chi connectivity index (χ4n) is 1.91. The molecule has 0 unspecified atom stereocenters. The first-order chi connectivity index (χ1) is 10.8. The maximum Gasteiger partial charge on any atom is 0.433 e. The van der Waals surface area contributed by atoms with Crippen molar-refractivity contribution in [3.8, 4) is 0 Å². The number of hydrogen-bond acceptors (Lipinski definition) is 5. The van der Waals surface area contributed by atoms with Crippen LogP contribution in [-0.4, -0.2) is 23.4 Å². The summed E-state index contributed by atoms with van der Waals surface area (Å²) < 4.78 is 69.9. The van der Waals surface area contributed by atoms with E-state index in [1.54, 1.807) is 0 Å². The van der Waals surface area contributed by atoms with Crippen molar-refractivity contribution < 1.29 is 26.1 Å². The first-order valence-corrected chi connectivity index (χ1v) is 8.51. The minimum Gasteiger partial charge on any atom is -0.361 e. The quantitative estimate of drug-likeness (QED) is 0.898. The molecule has 2 rings (SSSR count). The van der Waals surface area contributed by atoms with E-state index in [1.165, 1.54) is 6.07 Å². The predicted octanol–water partition coefficient (Wildman–Crippen LogP) is 2.67. The molecule has 0 aliphatic carbocycles. The Morgan fingerprint density at radius 3 is 2.33 bits per heavy atom. The third-order valence-corrected chi connectivity index (χ3v) is 4.26. The predicted molar refractivity (Wildman–Crippen MR) is 79.7 cm³/mol. The Labute approximate surface area is 136 Å². The third kappa shape index (κ3) is 4.28. The third-order valence-electron chi connectivity index (χ3n) is 3.07. The standard InChI is InChI=1S/C13H17F3N4O3S/c1-12(2,3)10-5-8(18-23-10)7-24(21,22)19-11-6-9(13(14,15)16)20(4)17-11/h5-6H,7H2,1-4H3,(H,17,19). The van der Waals surface area contributed by atoms with Crippen LogP contribution in [0.4, 0.5) is 19.0 Å². The minimum atomic E-state index is -4.63. The van der Waals surface area contributed by atoms with Crippen molar-refractivity contribution in [3.05, 3.63) is 29.3 Å². The fraction of sp³-hybridized carbons (Fsp3) is 0.538. The SMILES string of the molecule is Cn1nc(NS(=O)(=O)Cc2cc(C(C)(C)C)on2)cc1C(F)(F)F. The van der Waals surface area contributed by atoms with Crippen molar-refractivity contribution in [2.24, 2.45) is 7.05 Å². The van der Waals surface area contributed by atoms with Crippen LogP contribution >= 0.6 is 0 Å². The summed E-state index contributed by atoms with van der Waals surface area (Å²) in [4.78, 5) is 0. The van der Waals surface area contributed by atoms with Gasteiger partial charge < -0.3 is 4.52 Å². The second kappa shape index (κ2) is 5.80. The number of aromatic nitrogens is 3. The van der Waals surface area contributed by atoms with E-state index in [2.05, 4.69) is 10.3 Å². The van der Waals surface area contributed by atoms with Gasteiger partial charge in [-0.15, -0.1) is 0 Å². The minimum absolute atomic E-state index is 0.152. The van der Waals surface area contributed by atoms with Gasteiger partial charge in [-0.05, 0) is 0 Å². The van der Waals surface area contributed by atoms with E-state index in [9.17, 15) is 21.6 Å². The zero-order valence-corrected chi connectivity index (χ0v) is 14.3. The van der Waals surface area contributed by atoms with Crippen molar-refractivity contribution in [1.29, 1.82) is 0 Å². The molecule has 7 nitrogen and oxygen atoms in total. The highest BCUT2D eigenvalue weighted by Gasteiger charge is 2.35. The highest BCUT2D eigenvalue weighted by molar-refractivity contribution is 7.91. The lowest BCUT2D eigenvalue weighted by Gasteiger charge is -2.12. The summed E-state index contributed by atoms with van der Waals surface area (Å²) in [7, 11) is -2.91. The lowest BCUT2D eigenvalue weighted by Crippen LogP contribution is -2.16. The molecule has 0 amide bonds. The Morgan fingerprint density at radius 2 is 1.88 bits per heavy atom. The number of anilines is 1. The van der Waals surface area contributed by atoms with Gasteiger partial charge in [0.05, 0.1) is 0 Å². The summed E-state index contributed by atoms with van der Waals surface area (Å²) in [6.45, 7) is 5.61. The van der Waals surface area contributed by atoms with Gasteiger partial charge in [0, 0.05) is 24.6 Å². The molecule has 0 aromatic carbocycles. The molecule has 0 aliphatic rings. The van der Waals surface area contributed by atoms with E-state index >= 15 is 0 Å². The van der Waals surface area contributed by atoms with Crippen LogP contribution < -0.4 is 4.72 Å². The molecule has 0 fully saturated rings. The first kappa shape index (κ1) is 18.3. The second-order valence-electron chi connectivity index (χ2n) is 6.33. The summed E-state index contributed by atoms with van der Waals surface area (Å²) in [5, 5.41) is 7.18. The van der Waals surface area contributed by atoms with Crippen LogP contribution in [0.25, 0.3) is 0 Å². The van der Waals surface area contributed by atoms with Gasteiger partial charge >= 0.3 is 6.18 Å². The van der Waals surface area contributed by atoms with Crippen LogP contribution in [0.3, 0.4) is 0 Å². The number of aryl methyl sites for hydroxylation is 1. The molecule has 2 heterocycles. The molecule has 0 saturated carbocycles. The second-order valence-corrected chi connectivity index (χ2v) is 8.05. The Bertz CT molecular complexity index is 831. The molecule has 2 aromatic heterocycles. The molecule has 2 aromatic rings. The number of nitrogens with zero attached hydrogens (tertiary/aromatic N) is 3. The first-order valence-electron chi connectivity index (χ1n) is 6.86. The summed E-state index contributed by atoms with van der Waals surface area (Å²) >= 11 is 0. The number of sulfonamides is 1. The number of hydrogen-bond donors (Lipinski definition) is 1. The number of alkyl halides is 3. The summed E-state index contributed by atoms with van der Waals surface area (Å²) in [5.74, 6) is -0.445. The van der Waals surface area contributed by atoms with Crippen molar-refractivity contribution >= 4 is 15.8 Å². The molecule has 1 N–H and O–H groups in total. The summed E-state index contributed by atoms with van der Waals surface area (Å²) in [6.07, 6.45) is -4.63. The van der Waals surface area contributed by atoms with Gasteiger partial charge in [0.2, 0.25) is 10.0 Å². The highest BCUT2D eigenvalue weighted by atomic mass is 32.2. The summed E-state index contributed by atoms with van der Waals surface area (Å²) in [6, 6.07) is 2.12. The Kier molecular flexibility index (Phi) is 4.42. The number of nitrogens with one attached hydrogen (secondary N) is 1. The maximum absolute atomic E-state index is 12.7. The van der Waals surface area contributed by atoms with E-state index in [4.69, 9.17) is 4.52 Å². The topological polar surface area (TPSA) is 90.0 Å². The molecular formula is C13H17F3N4O3S. The molecular weight excluding hydrogens is 349 g/mol. The Balaban J connectivity index is 2.16. The van der Waals surface area contributed by atoms with E-state index in [0.717, 1.165) is 7.05 Å². The van der Waals surface area contributed by atoms with Gasteiger partial charge in [-0.2, -0.15) is 18.3 Å². The van der Waals surface area contributed by atoms with E-state index in [0.29, 0.717) is 16.5 Å². The van der Waals surface area contributed by atoms with Gasteiger partial charge in [0.1, 0.15) is 22.9 Å². The van der Waals surface area contributed by atoms with Gasteiger partial charge in [0.25, 0.3) is 0 Å². The lowest BCUT2D eigenvalue weighted by atomic mass is 9.93. The molecule has 0 saturated heterocycles. The monoisotopic (exact) mass is 366 g/mol. The van der Waals surface area contributed by atoms with E-state index < -0.39 is 33.5 Å². The van der Waals surface area contributed by atoms with Gasteiger partial charge in [-0.3, -0.25) is 9.40 Å². The number of rotatable bonds is 4. The van der Waals surface area contributed by atoms with Crippen LogP contribution in [-0.2, 0) is 34.4 Å². The normalized spacial score (nSPS) is 13.3. The summed E-state index contributed by atoms with van der Waals surface area (Å²) in [5.41, 5.74) is -1.25. The van der Waals surface area contributed by atoms with Crippen LogP contribution in [0.1, 0.15) is 37.9 Å². The van der Waals surface area contributed by atoms with Crippen molar-refractivity contribution in [1.82, 2.24) is 14.9 Å². The van der Waals surface area contributed by atoms with Crippen LogP contribution in [0.15, 0.2) is 16.7 Å². The Hall–Kier alpha value is -2.04. The zero-order chi connectivity index (χ0) is 18.3. The average Bonchev–Trinajstić information content (AvgIpc) is 2.93. The molecule has 0 spiro atoms. The van der Waals surface area contributed by atoms with Crippen LogP contribution in [0, 0.1) is 0 Å². The van der Waals surface area contributed by atoms with Crippen LogP contribution in [0.5, 0.6) is 0 Å². The largest absolute Gasteiger partial charge is 0.433 e. The van der Waals surface area contributed by atoms with E-state index in [-0.39, 0.29) is 11.1 Å². The average molecular weight is 366 g/mol. The number of halogens is 3. The van der Waals surface area contributed by atoms with E-state index in [1.807, 2.05) is 25.5 Å². The molecule has 24 heavy (non-hydrogen) atoms. The van der Waals surface area contributed by atoms with Crippen molar-refractivity contribution in [2.75, 3.05) is 4.72 Å². The Morgan fingerprint density at radius 1 is 1.25 bits per heavy atom. The zero-order valence-electron chi connectivity index (χ0n) is 13.5. The molecule has 0 atom stereocenters. The molecule has 11 heteroatoms. The van der Waals surface area contributed by atoms with Gasteiger partial charge in [0.15, 0.2) is 5.82 Å². The van der Waals surface area contributed by atoms with Gasteiger partial charge in [-0.25, -0.2) is 8.42 Å². The van der Waals surface area contributed by atoms with Crippen molar-refractivity contribution in [2.45, 2.75) is 38.1 Å².